The van der Waals surface area contributed by atoms with Crippen molar-refractivity contribution >= 4 is 62.1 Å². The Labute approximate surface area is 198 Å². The number of esters is 1. The van der Waals surface area contributed by atoms with Crippen molar-refractivity contribution in [2.75, 3.05) is 12.4 Å². The van der Waals surface area contributed by atoms with Gasteiger partial charge in [0.15, 0.2) is 0 Å². The molecule has 8 heteroatoms. The number of amides is 1. The SMILES string of the molecule is COC(=O)c1c(NC(=O)c2cc(-c3ccc(Cl)s3)nc3ccccc23)sc2c1CCCC2. The molecule has 0 spiro atoms. The molecule has 0 fully saturated rings. The van der Waals surface area contributed by atoms with E-state index in [1.807, 2.05) is 36.4 Å². The maximum absolute atomic E-state index is 13.5. The van der Waals surface area contributed by atoms with Crippen LogP contribution in [0.15, 0.2) is 42.5 Å². The Hall–Kier alpha value is -2.74. The van der Waals surface area contributed by atoms with Crippen LogP contribution < -0.4 is 5.32 Å². The lowest BCUT2D eigenvalue weighted by atomic mass is 9.95. The number of hydrogen-bond acceptors (Lipinski definition) is 6. The second-order valence-electron chi connectivity index (χ2n) is 7.54. The molecule has 0 saturated heterocycles. The molecule has 1 aliphatic rings. The van der Waals surface area contributed by atoms with Gasteiger partial charge in [-0.2, -0.15) is 0 Å². The van der Waals surface area contributed by atoms with E-state index in [0.717, 1.165) is 51.9 Å². The average molecular weight is 483 g/mol. The Kier molecular flexibility index (Phi) is 5.71. The zero-order valence-corrected chi connectivity index (χ0v) is 19.6. The Morgan fingerprint density at radius 1 is 1.09 bits per heavy atom. The second kappa shape index (κ2) is 8.65. The fourth-order valence-corrected chi connectivity index (χ4v) is 6.36. The van der Waals surface area contributed by atoms with E-state index in [2.05, 4.69) is 5.32 Å². The molecule has 162 valence electrons. The minimum atomic E-state index is -0.409. The number of para-hydroxylation sites is 1. The number of hydrogen-bond donors (Lipinski definition) is 1. The smallest absolute Gasteiger partial charge is 0.341 e. The third kappa shape index (κ3) is 3.81. The monoisotopic (exact) mass is 482 g/mol. The highest BCUT2D eigenvalue weighted by Gasteiger charge is 2.27. The van der Waals surface area contributed by atoms with Crippen molar-refractivity contribution in [1.82, 2.24) is 4.98 Å². The topological polar surface area (TPSA) is 68.3 Å². The van der Waals surface area contributed by atoms with E-state index in [1.165, 1.54) is 29.8 Å². The molecule has 0 atom stereocenters. The predicted molar refractivity (Wildman–Crippen MR) is 130 cm³/mol. The average Bonchev–Trinajstić information content (AvgIpc) is 3.41. The molecule has 0 aliphatic heterocycles. The lowest BCUT2D eigenvalue weighted by Gasteiger charge is -2.12. The Balaban J connectivity index is 1.59. The summed E-state index contributed by atoms with van der Waals surface area (Å²) in [4.78, 5) is 32.8. The van der Waals surface area contributed by atoms with E-state index in [4.69, 9.17) is 21.3 Å². The predicted octanol–water partition coefficient (Wildman–Crippen LogP) is 6.60. The molecule has 0 unspecified atom stereocenters. The molecule has 1 aliphatic carbocycles. The number of carbonyl (C=O) groups is 2. The van der Waals surface area contributed by atoms with Crippen LogP contribution in [0.3, 0.4) is 0 Å². The molecule has 32 heavy (non-hydrogen) atoms. The molecular formula is C24H19ClN2O3S2. The summed E-state index contributed by atoms with van der Waals surface area (Å²) in [6.07, 6.45) is 3.86. The standard InChI is InChI=1S/C24H19ClN2O3S2/c1-30-24(29)21-14-7-3-5-9-18(14)32-23(21)27-22(28)15-12-17(19-10-11-20(25)31-19)26-16-8-4-2-6-13(15)16/h2,4,6,8,10-12H,3,5,7,9H2,1H3,(H,27,28). The van der Waals surface area contributed by atoms with Crippen LogP contribution in [0.2, 0.25) is 4.34 Å². The minimum absolute atomic E-state index is 0.281. The van der Waals surface area contributed by atoms with Crippen molar-refractivity contribution in [2.45, 2.75) is 25.7 Å². The number of aryl methyl sites for hydroxylation is 1. The summed E-state index contributed by atoms with van der Waals surface area (Å²) in [5.41, 5.74) is 3.40. The van der Waals surface area contributed by atoms with E-state index >= 15 is 0 Å². The molecule has 0 bridgehead atoms. The third-order valence-electron chi connectivity index (χ3n) is 5.57. The maximum atomic E-state index is 13.5. The summed E-state index contributed by atoms with van der Waals surface area (Å²) in [5.74, 6) is -0.690. The summed E-state index contributed by atoms with van der Waals surface area (Å²) in [7, 11) is 1.37. The zero-order valence-electron chi connectivity index (χ0n) is 17.2. The molecule has 1 amide bonds. The number of halogens is 1. The summed E-state index contributed by atoms with van der Waals surface area (Å²) in [5, 5.41) is 4.30. The molecular weight excluding hydrogens is 464 g/mol. The normalized spacial score (nSPS) is 13.1. The van der Waals surface area contributed by atoms with Gasteiger partial charge in [0.2, 0.25) is 0 Å². The molecule has 0 radical (unpaired) electrons. The second-order valence-corrected chi connectivity index (χ2v) is 10.4. The van der Waals surface area contributed by atoms with E-state index in [0.29, 0.717) is 26.2 Å². The lowest BCUT2D eigenvalue weighted by molar-refractivity contribution is 0.0601. The van der Waals surface area contributed by atoms with Crippen molar-refractivity contribution in [2.24, 2.45) is 0 Å². The van der Waals surface area contributed by atoms with Crippen molar-refractivity contribution in [3.63, 3.8) is 0 Å². The largest absolute Gasteiger partial charge is 0.465 e. The molecule has 0 saturated carbocycles. The number of anilines is 1. The first-order chi connectivity index (χ1) is 15.5. The van der Waals surface area contributed by atoms with Crippen molar-refractivity contribution in [1.29, 1.82) is 0 Å². The number of benzene rings is 1. The number of fused-ring (bicyclic) bond motifs is 2. The van der Waals surface area contributed by atoms with E-state index in [1.54, 1.807) is 6.07 Å². The van der Waals surface area contributed by atoms with Gasteiger partial charge in [-0.15, -0.1) is 22.7 Å². The molecule has 1 aromatic carbocycles. The fraction of sp³-hybridized carbons (Fsp3) is 0.208. The van der Waals surface area contributed by atoms with Gasteiger partial charge in [-0.1, -0.05) is 29.8 Å². The molecule has 3 aromatic heterocycles. The van der Waals surface area contributed by atoms with Crippen LogP contribution in [0, 0.1) is 0 Å². The maximum Gasteiger partial charge on any atom is 0.341 e. The van der Waals surface area contributed by atoms with E-state index in [-0.39, 0.29) is 5.91 Å². The summed E-state index contributed by atoms with van der Waals surface area (Å²) in [6, 6.07) is 13.0. The molecule has 3 heterocycles. The number of nitrogens with zero attached hydrogens (tertiary/aromatic N) is 1. The van der Waals surface area contributed by atoms with Crippen LogP contribution in [0.5, 0.6) is 0 Å². The van der Waals surface area contributed by atoms with Crippen LogP contribution in [-0.4, -0.2) is 24.0 Å². The highest BCUT2D eigenvalue weighted by molar-refractivity contribution is 7.19. The van der Waals surface area contributed by atoms with Gasteiger partial charge < -0.3 is 10.1 Å². The number of rotatable bonds is 4. The van der Waals surface area contributed by atoms with Crippen molar-refractivity contribution in [3.8, 4) is 10.6 Å². The number of aromatic nitrogens is 1. The first-order valence-corrected chi connectivity index (χ1v) is 12.3. The first-order valence-electron chi connectivity index (χ1n) is 10.2. The third-order valence-corrected chi connectivity index (χ3v) is 8.04. The summed E-state index contributed by atoms with van der Waals surface area (Å²) >= 11 is 9.01. The molecule has 1 N–H and O–H groups in total. The quantitative estimate of drug-likeness (QED) is 0.333. The molecule has 5 rings (SSSR count). The van der Waals surface area contributed by atoms with Crippen molar-refractivity contribution in [3.05, 3.63) is 68.4 Å². The molecule has 5 nitrogen and oxygen atoms in total. The lowest BCUT2D eigenvalue weighted by Crippen LogP contribution is -2.15. The van der Waals surface area contributed by atoms with Gasteiger partial charge in [-0.05, 0) is 55.5 Å². The van der Waals surface area contributed by atoms with Gasteiger partial charge in [0, 0.05) is 10.3 Å². The van der Waals surface area contributed by atoms with Crippen LogP contribution >= 0.6 is 34.3 Å². The van der Waals surface area contributed by atoms with Crippen LogP contribution in [0.4, 0.5) is 5.00 Å². The van der Waals surface area contributed by atoms with Gasteiger partial charge in [0.25, 0.3) is 5.91 Å². The summed E-state index contributed by atoms with van der Waals surface area (Å²) < 4.78 is 5.69. The number of nitrogens with one attached hydrogen (secondary N) is 1. The number of pyridine rings is 1. The van der Waals surface area contributed by atoms with Crippen LogP contribution in [0.1, 0.15) is 44.0 Å². The van der Waals surface area contributed by atoms with Crippen molar-refractivity contribution < 1.29 is 14.3 Å². The van der Waals surface area contributed by atoms with E-state index in [9.17, 15) is 9.59 Å². The van der Waals surface area contributed by atoms with Gasteiger partial charge in [-0.25, -0.2) is 9.78 Å². The van der Waals surface area contributed by atoms with Gasteiger partial charge >= 0.3 is 5.97 Å². The van der Waals surface area contributed by atoms with Gasteiger partial charge in [0.1, 0.15) is 5.00 Å². The van der Waals surface area contributed by atoms with Crippen LogP contribution in [0.25, 0.3) is 21.5 Å². The highest BCUT2D eigenvalue weighted by atomic mass is 35.5. The first kappa shape index (κ1) is 21.1. The van der Waals surface area contributed by atoms with Gasteiger partial charge in [-0.3, -0.25) is 4.79 Å². The van der Waals surface area contributed by atoms with Gasteiger partial charge in [0.05, 0.1) is 38.7 Å². The zero-order chi connectivity index (χ0) is 22.2. The number of carbonyl (C=O) groups excluding carboxylic acids is 2. The number of thiophene rings is 2. The fourth-order valence-electron chi connectivity index (χ4n) is 4.08. The minimum Gasteiger partial charge on any atom is -0.465 e. The van der Waals surface area contributed by atoms with Crippen LogP contribution in [-0.2, 0) is 17.6 Å². The number of methoxy groups -OCH3 is 1. The highest BCUT2D eigenvalue weighted by Crippen LogP contribution is 2.39. The Morgan fingerprint density at radius 2 is 1.91 bits per heavy atom. The number of ether oxygens (including phenoxy) is 1. The Morgan fingerprint density at radius 3 is 2.69 bits per heavy atom. The molecule has 4 aromatic rings. The summed E-state index contributed by atoms with van der Waals surface area (Å²) in [6.45, 7) is 0. The van der Waals surface area contributed by atoms with E-state index < -0.39 is 5.97 Å². The Bertz CT molecular complexity index is 1360.